The summed E-state index contributed by atoms with van der Waals surface area (Å²) in [7, 11) is 1.53. The zero-order chi connectivity index (χ0) is 16.4. The summed E-state index contributed by atoms with van der Waals surface area (Å²) in [5.41, 5.74) is 7.30. The van der Waals surface area contributed by atoms with Gasteiger partial charge in [0.2, 0.25) is 0 Å². The molecule has 1 saturated heterocycles. The molecule has 0 unspecified atom stereocenters. The number of ether oxygens (including phenoxy) is 1. The van der Waals surface area contributed by atoms with Gasteiger partial charge in [0.25, 0.3) is 5.91 Å². The van der Waals surface area contributed by atoms with Crippen LogP contribution in [0.3, 0.4) is 0 Å². The van der Waals surface area contributed by atoms with Crippen molar-refractivity contribution in [1.82, 2.24) is 19.9 Å². The fraction of sp³-hybridized carbons (Fsp3) is 0.562. The number of amides is 1. The van der Waals surface area contributed by atoms with Gasteiger partial charge in [-0.15, -0.1) is 5.10 Å². The average molecular weight is 317 g/mol. The molecule has 1 aromatic carbocycles. The van der Waals surface area contributed by atoms with Crippen molar-refractivity contribution < 1.29 is 9.53 Å². The molecule has 0 radical (unpaired) electrons. The fourth-order valence-electron chi connectivity index (χ4n) is 3.28. The van der Waals surface area contributed by atoms with Gasteiger partial charge < -0.3 is 15.4 Å². The Labute approximate surface area is 135 Å². The van der Waals surface area contributed by atoms with E-state index in [1.165, 1.54) is 20.0 Å². The summed E-state index contributed by atoms with van der Waals surface area (Å²) in [6.45, 7) is 5.33. The minimum atomic E-state index is -0.523. The molecule has 0 bridgehead atoms. The first kappa shape index (κ1) is 15.7. The van der Waals surface area contributed by atoms with Gasteiger partial charge in [0.1, 0.15) is 11.3 Å². The zero-order valence-corrected chi connectivity index (χ0v) is 13.7. The molecule has 1 aliphatic rings. The van der Waals surface area contributed by atoms with E-state index >= 15 is 0 Å². The molecule has 124 valence electrons. The summed E-state index contributed by atoms with van der Waals surface area (Å²) in [5, 5.41) is 8.56. The molecule has 7 nitrogen and oxygen atoms in total. The number of carbonyl (C=O) groups is 1. The number of likely N-dealkylation sites (tertiary alicyclic amines) is 1. The van der Waals surface area contributed by atoms with Crippen molar-refractivity contribution in [1.29, 1.82) is 0 Å². The molecule has 1 fully saturated rings. The van der Waals surface area contributed by atoms with Crippen LogP contribution in [-0.2, 0) is 0 Å². The SMILES string of the molecule is CCN1CCCC[C@@H](n2nnc3cc(C(N)=O)c(OC)cc32)C1. The minimum absolute atomic E-state index is 0.284. The number of hydrogen-bond acceptors (Lipinski definition) is 5. The lowest BCUT2D eigenvalue weighted by Crippen LogP contribution is -2.30. The van der Waals surface area contributed by atoms with E-state index in [4.69, 9.17) is 10.5 Å². The zero-order valence-electron chi connectivity index (χ0n) is 13.7. The Hall–Kier alpha value is -2.15. The third-order valence-corrected chi connectivity index (χ3v) is 4.58. The summed E-state index contributed by atoms with van der Waals surface area (Å²) in [5.74, 6) is -0.0561. The van der Waals surface area contributed by atoms with Gasteiger partial charge in [0, 0.05) is 12.6 Å². The largest absolute Gasteiger partial charge is 0.496 e. The van der Waals surface area contributed by atoms with Crippen molar-refractivity contribution in [2.75, 3.05) is 26.7 Å². The number of likely N-dealkylation sites (N-methyl/N-ethyl adjacent to an activating group) is 1. The molecule has 2 N–H and O–H groups in total. The van der Waals surface area contributed by atoms with Crippen molar-refractivity contribution >= 4 is 16.9 Å². The molecule has 0 saturated carbocycles. The fourth-order valence-corrected chi connectivity index (χ4v) is 3.28. The number of carbonyl (C=O) groups excluding carboxylic acids is 1. The first-order valence-corrected chi connectivity index (χ1v) is 8.09. The Balaban J connectivity index is 2.02. The Morgan fingerprint density at radius 2 is 2.26 bits per heavy atom. The lowest BCUT2D eigenvalue weighted by atomic mass is 10.1. The number of benzene rings is 1. The number of fused-ring (bicyclic) bond motifs is 1. The van der Waals surface area contributed by atoms with Crippen molar-refractivity contribution in [2.24, 2.45) is 5.73 Å². The quantitative estimate of drug-likeness (QED) is 0.925. The standard InChI is InChI=1S/C16H23N5O2/c1-3-20-7-5-4-6-11(10-20)21-14-9-15(23-2)12(16(17)22)8-13(14)18-19-21/h8-9,11H,3-7,10H2,1-2H3,(H2,17,22)/t11-/m1/s1. The lowest BCUT2D eigenvalue weighted by Gasteiger charge is -2.23. The summed E-state index contributed by atoms with van der Waals surface area (Å²) < 4.78 is 7.28. The Morgan fingerprint density at radius 3 is 2.96 bits per heavy atom. The average Bonchev–Trinajstić information content (AvgIpc) is 2.81. The summed E-state index contributed by atoms with van der Waals surface area (Å²) >= 11 is 0. The van der Waals surface area contributed by atoms with Gasteiger partial charge in [-0.2, -0.15) is 0 Å². The smallest absolute Gasteiger partial charge is 0.252 e. The third-order valence-electron chi connectivity index (χ3n) is 4.58. The number of hydrogen-bond donors (Lipinski definition) is 1. The van der Waals surface area contributed by atoms with E-state index in [1.54, 1.807) is 6.07 Å². The van der Waals surface area contributed by atoms with Crippen LogP contribution in [0.25, 0.3) is 11.0 Å². The number of nitrogens with two attached hydrogens (primary N) is 1. The summed E-state index contributed by atoms with van der Waals surface area (Å²) in [6.07, 6.45) is 3.47. The number of nitrogens with zero attached hydrogens (tertiary/aromatic N) is 4. The topological polar surface area (TPSA) is 86.3 Å². The van der Waals surface area contributed by atoms with E-state index in [2.05, 4.69) is 22.1 Å². The van der Waals surface area contributed by atoms with Gasteiger partial charge in [-0.25, -0.2) is 4.68 Å². The van der Waals surface area contributed by atoms with Gasteiger partial charge in [0.15, 0.2) is 0 Å². The Kier molecular flexibility index (Phi) is 4.47. The molecule has 1 aliphatic heterocycles. The number of methoxy groups -OCH3 is 1. The van der Waals surface area contributed by atoms with Gasteiger partial charge >= 0.3 is 0 Å². The molecule has 0 spiro atoms. The Bertz CT molecular complexity index is 712. The van der Waals surface area contributed by atoms with E-state index in [-0.39, 0.29) is 6.04 Å². The maximum absolute atomic E-state index is 11.5. The Morgan fingerprint density at radius 1 is 1.43 bits per heavy atom. The van der Waals surface area contributed by atoms with Crippen LogP contribution in [0.15, 0.2) is 12.1 Å². The molecular weight excluding hydrogens is 294 g/mol. The highest BCUT2D eigenvalue weighted by Crippen LogP contribution is 2.28. The molecule has 1 atom stereocenters. The van der Waals surface area contributed by atoms with Crippen molar-refractivity contribution in [2.45, 2.75) is 32.2 Å². The maximum atomic E-state index is 11.5. The molecule has 0 aliphatic carbocycles. The van der Waals surface area contributed by atoms with E-state index in [9.17, 15) is 4.79 Å². The highest BCUT2D eigenvalue weighted by Gasteiger charge is 2.23. The predicted octanol–water partition coefficient (Wildman–Crippen LogP) is 1.59. The van der Waals surface area contributed by atoms with Crippen LogP contribution in [0.2, 0.25) is 0 Å². The predicted molar refractivity (Wildman–Crippen MR) is 87.6 cm³/mol. The summed E-state index contributed by atoms with van der Waals surface area (Å²) in [6, 6.07) is 3.76. The number of aromatic nitrogens is 3. The van der Waals surface area contributed by atoms with Gasteiger partial charge in [-0.3, -0.25) is 4.79 Å². The summed E-state index contributed by atoms with van der Waals surface area (Å²) in [4.78, 5) is 14.0. The second-order valence-electron chi connectivity index (χ2n) is 5.98. The molecule has 7 heteroatoms. The van der Waals surface area contributed by atoms with Crippen molar-refractivity contribution in [3.63, 3.8) is 0 Å². The lowest BCUT2D eigenvalue weighted by molar-refractivity contribution is 0.0997. The third kappa shape index (κ3) is 3.01. The number of primary amides is 1. The van der Waals surface area contributed by atoms with Gasteiger partial charge in [-0.1, -0.05) is 18.6 Å². The van der Waals surface area contributed by atoms with Gasteiger partial charge in [0.05, 0.1) is 24.2 Å². The maximum Gasteiger partial charge on any atom is 0.252 e. The number of rotatable bonds is 4. The van der Waals surface area contributed by atoms with E-state index in [1.807, 2.05) is 10.7 Å². The second kappa shape index (κ2) is 6.54. The van der Waals surface area contributed by atoms with Gasteiger partial charge in [-0.05, 0) is 32.0 Å². The van der Waals surface area contributed by atoms with Crippen LogP contribution in [0.4, 0.5) is 0 Å². The molecule has 1 aromatic heterocycles. The van der Waals surface area contributed by atoms with Crippen LogP contribution in [0, 0.1) is 0 Å². The first-order chi connectivity index (χ1) is 11.1. The van der Waals surface area contributed by atoms with Crippen LogP contribution >= 0.6 is 0 Å². The van der Waals surface area contributed by atoms with Crippen LogP contribution in [0.5, 0.6) is 5.75 Å². The molecule has 3 rings (SSSR count). The molecule has 23 heavy (non-hydrogen) atoms. The minimum Gasteiger partial charge on any atom is -0.496 e. The van der Waals surface area contributed by atoms with E-state index in [0.717, 1.165) is 31.6 Å². The highest BCUT2D eigenvalue weighted by molar-refractivity contribution is 5.99. The van der Waals surface area contributed by atoms with Crippen molar-refractivity contribution in [3.8, 4) is 5.75 Å². The van der Waals surface area contributed by atoms with Crippen LogP contribution in [0.1, 0.15) is 42.6 Å². The molecule has 1 amide bonds. The van der Waals surface area contributed by atoms with E-state index in [0.29, 0.717) is 16.8 Å². The van der Waals surface area contributed by atoms with Crippen LogP contribution in [-0.4, -0.2) is 52.5 Å². The van der Waals surface area contributed by atoms with E-state index < -0.39 is 5.91 Å². The monoisotopic (exact) mass is 317 g/mol. The van der Waals surface area contributed by atoms with Crippen LogP contribution < -0.4 is 10.5 Å². The molecule has 2 heterocycles. The van der Waals surface area contributed by atoms with Crippen molar-refractivity contribution in [3.05, 3.63) is 17.7 Å². The second-order valence-corrected chi connectivity index (χ2v) is 5.98. The molecular formula is C16H23N5O2. The molecule has 2 aromatic rings. The normalized spacial score (nSPS) is 19.7. The first-order valence-electron chi connectivity index (χ1n) is 8.09. The highest BCUT2D eigenvalue weighted by atomic mass is 16.5.